The molecule has 0 N–H and O–H groups in total. The van der Waals surface area contributed by atoms with Gasteiger partial charge in [-0.05, 0) is 44.4 Å². The Balaban J connectivity index is 2.05. The summed E-state index contributed by atoms with van der Waals surface area (Å²) in [6.07, 6.45) is 2.85. The number of fused-ring (bicyclic) bond motifs is 1. The molecule has 0 radical (unpaired) electrons. The zero-order chi connectivity index (χ0) is 15.7. The molecule has 22 heavy (non-hydrogen) atoms. The molecule has 3 rings (SSSR count). The Hall–Kier alpha value is -1.59. The van der Waals surface area contributed by atoms with Gasteiger partial charge in [0.25, 0.3) is 0 Å². The molecule has 0 saturated carbocycles. The van der Waals surface area contributed by atoms with Crippen molar-refractivity contribution in [1.29, 1.82) is 0 Å². The van der Waals surface area contributed by atoms with E-state index in [0.29, 0.717) is 6.61 Å². The van der Waals surface area contributed by atoms with Crippen molar-refractivity contribution in [1.82, 2.24) is 9.97 Å². The summed E-state index contributed by atoms with van der Waals surface area (Å²) in [5.41, 5.74) is 3.06. The van der Waals surface area contributed by atoms with Gasteiger partial charge < -0.3 is 9.47 Å². The highest BCUT2D eigenvalue weighted by Crippen LogP contribution is 2.33. The number of rotatable bonds is 3. The van der Waals surface area contributed by atoms with E-state index in [1.54, 1.807) is 18.9 Å². The first-order chi connectivity index (χ1) is 10.5. The van der Waals surface area contributed by atoms with Gasteiger partial charge in [-0.3, -0.25) is 0 Å². The number of benzene rings is 1. The highest BCUT2D eigenvalue weighted by atomic mass is 32.2. The topological polar surface area (TPSA) is 44.2 Å². The summed E-state index contributed by atoms with van der Waals surface area (Å²) >= 11 is 1.64. The zero-order valence-electron chi connectivity index (χ0n) is 13.3. The van der Waals surface area contributed by atoms with Crippen LogP contribution in [-0.4, -0.2) is 28.9 Å². The fourth-order valence-corrected chi connectivity index (χ4v) is 3.16. The Morgan fingerprint density at radius 1 is 1.18 bits per heavy atom. The van der Waals surface area contributed by atoms with Crippen molar-refractivity contribution in [3.63, 3.8) is 0 Å². The number of thioether (sulfide) groups is 1. The van der Waals surface area contributed by atoms with E-state index in [9.17, 15) is 0 Å². The van der Waals surface area contributed by atoms with Crippen LogP contribution in [0.5, 0.6) is 5.75 Å². The molecule has 0 unspecified atom stereocenters. The third-order valence-electron chi connectivity index (χ3n) is 3.80. The lowest BCUT2D eigenvalue weighted by atomic mass is 9.96. The minimum atomic E-state index is -0.172. The lowest BCUT2D eigenvalue weighted by Gasteiger charge is -2.31. The van der Waals surface area contributed by atoms with Gasteiger partial charge in [-0.25, -0.2) is 9.97 Å². The highest BCUT2D eigenvalue weighted by molar-refractivity contribution is 7.98. The van der Waals surface area contributed by atoms with Gasteiger partial charge in [0.2, 0.25) is 0 Å². The fourth-order valence-electron chi connectivity index (χ4n) is 2.56. The quantitative estimate of drug-likeness (QED) is 0.638. The lowest BCUT2D eigenvalue weighted by Crippen LogP contribution is -2.33. The maximum atomic E-state index is 5.90. The summed E-state index contributed by atoms with van der Waals surface area (Å²) in [4.78, 5) is 9.51. The van der Waals surface area contributed by atoms with Gasteiger partial charge in [-0.2, -0.15) is 0 Å². The van der Waals surface area contributed by atoms with Crippen LogP contribution in [0.2, 0.25) is 0 Å². The summed E-state index contributed by atoms with van der Waals surface area (Å²) in [5, 5.41) is 1.01. The smallest absolute Gasteiger partial charge is 0.160 e. The van der Waals surface area contributed by atoms with E-state index in [1.807, 2.05) is 30.5 Å². The molecular formula is C17H20N2O2S. The summed E-state index contributed by atoms with van der Waals surface area (Å²) in [6, 6.07) is 7.86. The number of methoxy groups -OCH3 is 1. The summed E-state index contributed by atoms with van der Waals surface area (Å²) in [6.45, 7) is 4.79. The summed E-state index contributed by atoms with van der Waals surface area (Å²) < 4.78 is 11.1. The number of nitrogens with zero attached hydrogens (tertiary/aromatic N) is 2. The van der Waals surface area contributed by atoms with Gasteiger partial charge >= 0.3 is 0 Å². The second-order valence-corrected chi connectivity index (χ2v) is 6.73. The molecule has 0 atom stereocenters. The molecule has 0 aliphatic carbocycles. The predicted octanol–water partition coefficient (Wildman–Crippen LogP) is 3.73. The molecule has 1 aromatic heterocycles. The van der Waals surface area contributed by atoms with Crippen molar-refractivity contribution in [2.24, 2.45) is 0 Å². The molecule has 2 aromatic rings. The molecule has 0 amide bonds. The van der Waals surface area contributed by atoms with Crippen molar-refractivity contribution in [3.05, 3.63) is 35.5 Å². The Morgan fingerprint density at radius 3 is 2.55 bits per heavy atom. The van der Waals surface area contributed by atoms with E-state index in [-0.39, 0.29) is 5.60 Å². The molecule has 0 spiro atoms. The Labute approximate surface area is 135 Å². The third kappa shape index (κ3) is 2.96. The Morgan fingerprint density at radius 2 is 1.91 bits per heavy atom. The molecule has 5 heteroatoms. The molecule has 1 aliphatic heterocycles. The monoisotopic (exact) mass is 316 g/mol. The van der Waals surface area contributed by atoms with Crippen LogP contribution in [0, 0.1) is 0 Å². The van der Waals surface area contributed by atoms with E-state index in [4.69, 9.17) is 19.4 Å². The van der Waals surface area contributed by atoms with Crippen molar-refractivity contribution in [3.8, 4) is 17.1 Å². The average molecular weight is 316 g/mol. The SMILES string of the molecule is COc1ccc(-c2nc3c(c(SC)n2)COC(C)(C)C3)cc1. The second kappa shape index (κ2) is 5.89. The molecule has 1 aliphatic rings. The van der Waals surface area contributed by atoms with Crippen LogP contribution in [0.4, 0.5) is 0 Å². The number of aromatic nitrogens is 2. The van der Waals surface area contributed by atoms with Crippen molar-refractivity contribution in [2.75, 3.05) is 13.4 Å². The number of hydrogen-bond donors (Lipinski definition) is 0. The fraction of sp³-hybridized carbons (Fsp3) is 0.412. The van der Waals surface area contributed by atoms with Crippen LogP contribution >= 0.6 is 11.8 Å². The van der Waals surface area contributed by atoms with Gasteiger partial charge in [-0.15, -0.1) is 11.8 Å². The van der Waals surface area contributed by atoms with Crippen LogP contribution in [0.25, 0.3) is 11.4 Å². The van der Waals surface area contributed by atoms with Crippen LogP contribution < -0.4 is 4.74 Å². The van der Waals surface area contributed by atoms with Gasteiger partial charge in [0.15, 0.2) is 5.82 Å². The molecule has 0 bridgehead atoms. The van der Waals surface area contributed by atoms with Crippen molar-refractivity contribution >= 4 is 11.8 Å². The van der Waals surface area contributed by atoms with E-state index >= 15 is 0 Å². The van der Waals surface area contributed by atoms with Gasteiger partial charge in [-0.1, -0.05) is 0 Å². The summed E-state index contributed by atoms with van der Waals surface area (Å²) in [5.74, 6) is 1.60. The van der Waals surface area contributed by atoms with Gasteiger partial charge in [0.1, 0.15) is 10.8 Å². The second-order valence-electron chi connectivity index (χ2n) is 5.94. The molecular weight excluding hydrogens is 296 g/mol. The van der Waals surface area contributed by atoms with Crippen LogP contribution in [0.3, 0.4) is 0 Å². The van der Waals surface area contributed by atoms with Crippen LogP contribution in [-0.2, 0) is 17.8 Å². The van der Waals surface area contributed by atoms with E-state index in [0.717, 1.165) is 39.8 Å². The third-order valence-corrected chi connectivity index (χ3v) is 4.52. The van der Waals surface area contributed by atoms with Gasteiger partial charge in [0.05, 0.1) is 25.0 Å². The van der Waals surface area contributed by atoms with E-state index in [2.05, 4.69) is 13.8 Å². The van der Waals surface area contributed by atoms with E-state index < -0.39 is 0 Å². The average Bonchev–Trinajstić information content (AvgIpc) is 2.52. The number of ether oxygens (including phenoxy) is 2. The highest BCUT2D eigenvalue weighted by Gasteiger charge is 2.29. The Bertz CT molecular complexity index is 684. The molecule has 4 nitrogen and oxygen atoms in total. The lowest BCUT2D eigenvalue weighted by molar-refractivity contribution is -0.0428. The van der Waals surface area contributed by atoms with Gasteiger partial charge in [0, 0.05) is 17.5 Å². The maximum absolute atomic E-state index is 5.90. The largest absolute Gasteiger partial charge is 0.497 e. The predicted molar refractivity (Wildman–Crippen MR) is 88.4 cm³/mol. The molecule has 116 valence electrons. The minimum Gasteiger partial charge on any atom is -0.497 e. The van der Waals surface area contributed by atoms with Crippen LogP contribution in [0.1, 0.15) is 25.1 Å². The molecule has 1 aromatic carbocycles. The van der Waals surface area contributed by atoms with Crippen molar-refractivity contribution < 1.29 is 9.47 Å². The zero-order valence-corrected chi connectivity index (χ0v) is 14.2. The first-order valence-corrected chi connectivity index (χ1v) is 8.47. The molecule has 2 heterocycles. The minimum absolute atomic E-state index is 0.172. The molecule has 0 saturated heterocycles. The first kappa shape index (κ1) is 15.3. The van der Waals surface area contributed by atoms with Crippen molar-refractivity contribution in [2.45, 2.75) is 37.5 Å². The summed E-state index contributed by atoms with van der Waals surface area (Å²) in [7, 11) is 1.66. The number of hydrogen-bond acceptors (Lipinski definition) is 5. The first-order valence-electron chi connectivity index (χ1n) is 7.24. The van der Waals surface area contributed by atoms with Crippen LogP contribution in [0.15, 0.2) is 29.3 Å². The standard InChI is InChI=1S/C17H20N2O2S/c1-17(2)9-14-13(10-21-17)16(22-4)19-15(18-14)11-5-7-12(20-3)8-6-11/h5-8H,9-10H2,1-4H3. The van der Waals surface area contributed by atoms with E-state index in [1.165, 1.54) is 0 Å². The normalized spacial score (nSPS) is 16.2. The maximum Gasteiger partial charge on any atom is 0.160 e. The Kier molecular flexibility index (Phi) is 4.10. The molecule has 0 fully saturated rings.